The minimum absolute atomic E-state index is 0.243. The summed E-state index contributed by atoms with van der Waals surface area (Å²) in [6, 6.07) is 5.43. The lowest BCUT2D eigenvalue weighted by molar-refractivity contribution is 0.174. The first-order valence-electron chi connectivity index (χ1n) is 5.31. The summed E-state index contributed by atoms with van der Waals surface area (Å²) in [4.78, 5) is 0. The molecule has 0 spiro atoms. The van der Waals surface area contributed by atoms with Gasteiger partial charge in [-0.2, -0.15) is 10.2 Å². The van der Waals surface area contributed by atoms with Gasteiger partial charge in [-0.15, -0.1) is 0 Å². The van der Waals surface area contributed by atoms with E-state index < -0.39 is 6.17 Å². The molecule has 0 saturated carbocycles. The van der Waals surface area contributed by atoms with E-state index in [1.807, 2.05) is 12.1 Å². The van der Waals surface area contributed by atoms with Crippen LogP contribution in [0.3, 0.4) is 0 Å². The number of fused-ring (bicyclic) bond motifs is 1. The Labute approximate surface area is 103 Å². The maximum Gasteiger partial charge on any atom is 0.231 e. The first kappa shape index (κ1) is 10.8. The molecule has 1 atom stereocenters. The molecule has 5 N–H and O–H groups in total. The lowest BCUT2D eigenvalue weighted by Gasteiger charge is -2.12. The van der Waals surface area contributed by atoms with Gasteiger partial charge in [0, 0.05) is 6.07 Å². The average molecular weight is 248 g/mol. The molecule has 2 aliphatic heterocycles. The molecule has 8 nitrogen and oxygen atoms in total. The zero-order chi connectivity index (χ0) is 12.5. The molecule has 2 heterocycles. The van der Waals surface area contributed by atoms with E-state index in [1.165, 1.54) is 6.21 Å². The summed E-state index contributed by atoms with van der Waals surface area (Å²) in [5.74, 6) is 6.88. The second-order valence-corrected chi connectivity index (χ2v) is 3.79. The molecular weight excluding hydrogens is 236 g/mol. The molecule has 0 aromatic heterocycles. The minimum Gasteiger partial charge on any atom is -0.454 e. The molecule has 0 bridgehead atoms. The van der Waals surface area contributed by atoms with Gasteiger partial charge in [-0.05, 0) is 12.1 Å². The maximum absolute atomic E-state index is 5.74. The Bertz CT molecular complexity index is 529. The van der Waals surface area contributed by atoms with Crippen LogP contribution in [0, 0.1) is 0 Å². The number of hydrazine groups is 1. The molecule has 1 unspecified atom stereocenters. The molecule has 18 heavy (non-hydrogen) atoms. The van der Waals surface area contributed by atoms with Crippen molar-refractivity contribution >= 4 is 17.6 Å². The monoisotopic (exact) mass is 248 g/mol. The van der Waals surface area contributed by atoms with E-state index in [-0.39, 0.29) is 6.79 Å². The quantitative estimate of drug-likeness (QED) is 0.487. The molecule has 8 heteroatoms. The SMILES string of the molecule is NC1C(=NNc2ccc3c(c2)OCO3)C=NN1N. The van der Waals surface area contributed by atoms with Crippen LogP contribution < -0.4 is 26.5 Å². The molecule has 0 aliphatic carbocycles. The van der Waals surface area contributed by atoms with Crippen LogP contribution in [-0.2, 0) is 0 Å². The maximum atomic E-state index is 5.74. The van der Waals surface area contributed by atoms with Crippen molar-refractivity contribution in [3.63, 3.8) is 0 Å². The van der Waals surface area contributed by atoms with Crippen molar-refractivity contribution in [2.75, 3.05) is 12.2 Å². The Hall–Kier alpha value is -2.32. The van der Waals surface area contributed by atoms with E-state index in [4.69, 9.17) is 21.1 Å². The number of hydrogen-bond donors (Lipinski definition) is 3. The van der Waals surface area contributed by atoms with Crippen molar-refractivity contribution in [2.24, 2.45) is 21.8 Å². The third kappa shape index (κ3) is 1.83. The van der Waals surface area contributed by atoms with Crippen molar-refractivity contribution in [1.29, 1.82) is 0 Å². The molecule has 0 amide bonds. The zero-order valence-electron chi connectivity index (χ0n) is 9.41. The molecule has 0 fully saturated rings. The summed E-state index contributed by atoms with van der Waals surface area (Å²) in [6.07, 6.45) is 0.969. The van der Waals surface area contributed by atoms with E-state index >= 15 is 0 Å². The number of anilines is 1. The van der Waals surface area contributed by atoms with Crippen LogP contribution in [0.1, 0.15) is 0 Å². The van der Waals surface area contributed by atoms with Crippen molar-refractivity contribution in [2.45, 2.75) is 6.17 Å². The molecule has 1 aromatic rings. The lowest BCUT2D eigenvalue weighted by atomic mass is 10.3. The molecule has 2 aliphatic rings. The second-order valence-electron chi connectivity index (χ2n) is 3.79. The standard InChI is InChI=1S/C10H12N6O2/c11-10-7(4-13-16(10)12)15-14-6-1-2-8-9(3-6)18-5-17-8/h1-4,10,14H,5,11-12H2. The van der Waals surface area contributed by atoms with Gasteiger partial charge in [0.2, 0.25) is 6.79 Å². The van der Waals surface area contributed by atoms with Crippen molar-refractivity contribution in [3.8, 4) is 11.5 Å². The van der Waals surface area contributed by atoms with E-state index in [2.05, 4.69) is 15.6 Å². The van der Waals surface area contributed by atoms with Gasteiger partial charge in [-0.3, -0.25) is 5.43 Å². The van der Waals surface area contributed by atoms with Crippen LogP contribution in [0.4, 0.5) is 5.69 Å². The summed E-state index contributed by atoms with van der Waals surface area (Å²) < 4.78 is 10.5. The van der Waals surface area contributed by atoms with E-state index in [0.29, 0.717) is 11.5 Å². The van der Waals surface area contributed by atoms with Gasteiger partial charge in [0.25, 0.3) is 0 Å². The number of hydrazone groups is 2. The molecule has 0 saturated heterocycles. The van der Waals surface area contributed by atoms with Crippen LogP contribution in [0.5, 0.6) is 11.5 Å². The van der Waals surface area contributed by atoms with Crippen molar-refractivity contribution < 1.29 is 9.47 Å². The van der Waals surface area contributed by atoms with Crippen LogP contribution >= 0.6 is 0 Å². The van der Waals surface area contributed by atoms with E-state index in [1.54, 1.807) is 6.07 Å². The van der Waals surface area contributed by atoms with Gasteiger partial charge in [0.15, 0.2) is 17.7 Å². The van der Waals surface area contributed by atoms with Crippen LogP contribution in [0.25, 0.3) is 0 Å². The highest BCUT2D eigenvalue weighted by molar-refractivity contribution is 6.34. The van der Waals surface area contributed by atoms with Crippen LogP contribution in [0.15, 0.2) is 28.4 Å². The fourth-order valence-corrected chi connectivity index (χ4v) is 1.60. The zero-order valence-corrected chi connectivity index (χ0v) is 9.41. The number of nitrogens with two attached hydrogens (primary N) is 2. The van der Waals surface area contributed by atoms with E-state index in [9.17, 15) is 0 Å². The fraction of sp³-hybridized carbons (Fsp3) is 0.200. The van der Waals surface area contributed by atoms with Crippen molar-refractivity contribution in [3.05, 3.63) is 18.2 Å². The third-order valence-corrected chi connectivity index (χ3v) is 2.60. The highest BCUT2D eigenvalue weighted by Crippen LogP contribution is 2.34. The number of hydrogen-bond acceptors (Lipinski definition) is 8. The van der Waals surface area contributed by atoms with Crippen LogP contribution in [-0.4, -0.2) is 30.0 Å². The summed E-state index contributed by atoms with van der Waals surface area (Å²) in [6.45, 7) is 0.243. The Morgan fingerprint density at radius 2 is 2.22 bits per heavy atom. The predicted octanol–water partition coefficient (Wildman–Crippen LogP) is -0.357. The molecule has 0 radical (unpaired) electrons. The number of nitrogens with zero attached hydrogens (tertiary/aromatic N) is 3. The van der Waals surface area contributed by atoms with Gasteiger partial charge in [0.1, 0.15) is 5.71 Å². The van der Waals surface area contributed by atoms with Gasteiger partial charge < -0.3 is 15.2 Å². The fourth-order valence-electron chi connectivity index (χ4n) is 1.60. The Kier molecular flexibility index (Phi) is 2.50. The number of nitrogens with one attached hydrogen (secondary N) is 1. The molecule has 3 rings (SSSR count). The average Bonchev–Trinajstić information content (AvgIpc) is 2.96. The number of benzene rings is 1. The lowest BCUT2D eigenvalue weighted by Crippen LogP contribution is -2.44. The summed E-state index contributed by atoms with van der Waals surface area (Å²) >= 11 is 0. The second kappa shape index (κ2) is 4.17. The molecule has 1 aromatic carbocycles. The van der Waals surface area contributed by atoms with Gasteiger partial charge >= 0.3 is 0 Å². The topological polar surface area (TPSA) is 110 Å². The minimum atomic E-state index is -0.536. The molecule has 94 valence electrons. The van der Waals surface area contributed by atoms with Crippen LogP contribution in [0.2, 0.25) is 0 Å². The summed E-state index contributed by atoms with van der Waals surface area (Å²) in [7, 11) is 0. The third-order valence-electron chi connectivity index (χ3n) is 2.60. The molecular formula is C10H12N6O2. The summed E-state index contributed by atoms with van der Waals surface area (Å²) in [5, 5.41) is 9.08. The van der Waals surface area contributed by atoms with Gasteiger partial charge in [-0.25, -0.2) is 11.0 Å². The van der Waals surface area contributed by atoms with Crippen molar-refractivity contribution in [1.82, 2.24) is 5.12 Å². The Balaban J connectivity index is 1.74. The van der Waals surface area contributed by atoms with E-state index in [0.717, 1.165) is 16.6 Å². The number of rotatable bonds is 2. The smallest absolute Gasteiger partial charge is 0.231 e. The first-order chi connectivity index (χ1) is 8.74. The Morgan fingerprint density at radius 1 is 1.39 bits per heavy atom. The number of ether oxygens (including phenoxy) is 2. The van der Waals surface area contributed by atoms with Gasteiger partial charge in [0.05, 0.1) is 11.9 Å². The Morgan fingerprint density at radius 3 is 3.00 bits per heavy atom. The summed E-state index contributed by atoms with van der Waals surface area (Å²) in [5.41, 5.74) is 9.92. The van der Waals surface area contributed by atoms with Gasteiger partial charge in [-0.1, -0.05) is 0 Å². The highest BCUT2D eigenvalue weighted by Gasteiger charge is 2.20. The highest BCUT2D eigenvalue weighted by atomic mass is 16.7. The largest absolute Gasteiger partial charge is 0.454 e. The first-order valence-corrected chi connectivity index (χ1v) is 5.31. The predicted molar refractivity (Wildman–Crippen MR) is 66.1 cm³/mol. The normalized spacial score (nSPS) is 22.9.